The van der Waals surface area contributed by atoms with Gasteiger partial charge >= 0.3 is 0 Å². The summed E-state index contributed by atoms with van der Waals surface area (Å²) in [5.74, 6) is 2.04. The zero-order valence-corrected chi connectivity index (χ0v) is 12.6. The lowest BCUT2D eigenvalue weighted by molar-refractivity contribution is 0.438. The van der Waals surface area contributed by atoms with E-state index in [0.29, 0.717) is 0 Å². The standard InChI is InChI=1S/C14H16BrNOS/c1-11(14-3-2-9-17-14)16-8-10-18-13-6-4-12(15)5-7-13/h2-7,9,11,16H,8,10H2,1H3. The quantitative estimate of drug-likeness (QED) is 0.626. The second-order valence-electron chi connectivity index (χ2n) is 3.99. The predicted octanol–water partition coefficient (Wildman–Crippen LogP) is 4.49. The summed E-state index contributed by atoms with van der Waals surface area (Å²) >= 11 is 5.29. The third-order valence-electron chi connectivity index (χ3n) is 2.60. The van der Waals surface area contributed by atoms with Crippen LogP contribution in [0.3, 0.4) is 0 Å². The SMILES string of the molecule is CC(NCCSc1ccc(Br)cc1)c1ccco1. The van der Waals surface area contributed by atoms with E-state index in [0.717, 1.165) is 22.5 Å². The Morgan fingerprint density at radius 1 is 1.28 bits per heavy atom. The minimum absolute atomic E-state index is 0.269. The summed E-state index contributed by atoms with van der Waals surface area (Å²) < 4.78 is 6.47. The van der Waals surface area contributed by atoms with Gasteiger partial charge in [-0.3, -0.25) is 0 Å². The summed E-state index contributed by atoms with van der Waals surface area (Å²) in [6.45, 7) is 3.08. The summed E-state index contributed by atoms with van der Waals surface area (Å²) in [6, 6.07) is 12.6. The molecule has 18 heavy (non-hydrogen) atoms. The number of hydrogen-bond donors (Lipinski definition) is 1. The number of thioether (sulfide) groups is 1. The van der Waals surface area contributed by atoms with Gasteiger partial charge in [0.15, 0.2) is 0 Å². The average molecular weight is 326 g/mol. The number of rotatable bonds is 6. The monoisotopic (exact) mass is 325 g/mol. The van der Waals surface area contributed by atoms with E-state index < -0.39 is 0 Å². The van der Waals surface area contributed by atoms with Gasteiger partial charge in [0.05, 0.1) is 12.3 Å². The lowest BCUT2D eigenvalue weighted by atomic mass is 10.2. The zero-order valence-electron chi connectivity index (χ0n) is 10.2. The Balaban J connectivity index is 1.68. The van der Waals surface area contributed by atoms with E-state index in [1.54, 1.807) is 6.26 Å². The summed E-state index contributed by atoms with van der Waals surface area (Å²) in [6.07, 6.45) is 1.71. The van der Waals surface area contributed by atoms with Crippen molar-refractivity contribution >= 4 is 27.7 Å². The van der Waals surface area contributed by atoms with Crippen molar-refractivity contribution in [1.82, 2.24) is 5.32 Å². The fourth-order valence-corrected chi connectivity index (χ4v) is 2.66. The molecule has 0 aliphatic rings. The lowest BCUT2D eigenvalue weighted by Crippen LogP contribution is -2.20. The van der Waals surface area contributed by atoms with Crippen LogP contribution in [-0.2, 0) is 0 Å². The van der Waals surface area contributed by atoms with Crippen LogP contribution < -0.4 is 5.32 Å². The van der Waals surface area contributed by atoms with Gasteiger partial charge in [0.2, 0.25) is 0 Å². The Bertz CT molecular complexity index is 455. The Kier molecular flexibility index (Phi) is 5.35. The highest BCUT2D eigenvalue weighted by Crippen LogP contribution is 2.20. The molecule has 0 saturated heterocycles. The molecule has 1 unspecified atom stereocenters. The highest BCUT2D eigenvalue weighted by Gasteiger charge is 2.06. The van der Waals surface area contributed by atoms with Crippen molar-refractivity contribution in [2.24, 2.45) is 0 Å². The highest BCUT2D eigenvalue weighted by atomic mass is 79.9. The average Bonchev–Trinajstić information content (AvgIpc) is 2.90. The summed E-state index contributed by atoms with van der Waals surface area (Å²) in [5, 5.41) is 3.44. The van der Waals surface area contributed by atoms with Gasteiger partial charge in [-0.05, 0) is 43.3 Å². The second-order valence-corrected chi connectivity index (χ2v) is 6.08. The van der Waals surface area contributed by atoms with Gasteiger partial charge in [-0.2, -0.15) is 0 Å². The maximum absolute atomic E-state index is 5.35. The maximum atomic E-state index is 5.35. The van der Waals surface area contributed by atoms with E-state index in [-0.39, 0.29) is 6.04 Å². The number of nitrogens with one attached hydrogen (secondary N) is 1. The third kappa shape index (κ3) is 4.19. The van der Waals surface area contributed by atoms with Crippen molar-refractivity contribution in [2.45, 2.75) is 17.9 Å². The van der Waals surface area contributed by atoms with Crippen molar-refractivity contribution in [3.8, 4) is 0 Å². The minimum atomic E-state index is 0.269. The predicted molar refractivity (Wildman–Crippen MR) is 80.0 cm³/mol. The molecule has 1 aromatic carbocycles. The van der Waals surface area contributed by atoms with Crippen LogP contribution >= 0.6 is 27.7 Å². The number of benzene rings is 1. The van der Waals surface area contributed by atoms with E-state index in [1.165, 1.54) is 4.90 Å². The molecule has 2 aromatic rings. The summed E-state index contributed by atoms with van der Waals surface area (Å²) in [7, 11) is 0. The normalized spacial score (nSPS) is 12.6. The lowest BCUT2D eigenvalue weighted by Gasteiger charge is -2.10. The first-order chi connectivity index (χ1) is 8.75. The highest BCUT2D eigenvalue weighted by molar-refractivity contribution is 9.10. The van der Waals surface area contributed by atoms with Crippen molar-refractivity contribution < 1.29 is 4.42 Å². The molecule has 0 spiro atoms. The van der Waals surface area contributed by atoms with Crippen molar-refractivity contribution in [3.05, 3.63) is 52.9 Å². The molecule has 1 N–H and O–H groups in total. The fraction of sp³-hybridized carbons (Fsp3) is 0.286. The van der Waals surface area contributed by atoms with Gasteiger partial charge in [-0.1, -0.05) is 15.9 Å². The zero-order chi connectivity index (χ0) is 12.8. The van der Waals surface area contributed by atoms with Crippen LogP contribution in [0, 0.1) is 0 Å². The summed E-state index contributed by atoms with van der Waals surface area (Å²) in [5.41, 5.74) is 0. The molecule has 0 fully saturated rings. The van der Waals surface area contributed by atoms with Gasteiger partial charge < -0.3 is 9.73 Å². The molecular weight excluding hydrogens is 310 g/mol. The number of halogens is 1. The molecule has 4 heteroatoms. The Morgan fingerprint density at radius 2 is 2.06 bits per heavy atom. The molecule has 96 valence electrons. The first-order valence-corrected chi connectivity index (χ1v) is 7.69. The summed E-state index contributed by atoms with van der Waals surface area (Å²) in [4.78, 5) is 1.30. The molecule has 0 amide bonds. The fourth-order valence-electron chi connectivity index (χ4n) is 1.61. The maximum Gasteiger partial charge on any atom is 0.120 e. The molecule has 1 aromatic heterocycles. The van der Waals surface area contributed by atoms with Gasteiger partial charge in [0.1, 0.15) is 5.76 Å². The van der Waals surface area contributed by atoms with E-state index in [4.69, 9.17) is 4.42 Å². The molecule has 1 atom stereocenters. The van der Waals surface area contributed by atoms with Gasteiger partial charge in [-0.25, -0.2) is 0 Å². The van der Waals surface area contributed by atoms with E-state index >= 15 is 0 Å². The Labute approximate surface area is 120 Å². The molecular formula is C14H16BrNOS. The topological polar surface area (TPSA) is 25.2 Å². The smallest absolute Gasteiger partial charge is 0.120 e. The van der Waals surface area contributed by atoms with Crippen LogP contribution in [0.1, 0.15) is 18.7 Å². The molecule has 2 nitrogen and oxygen atoms in total. The Morgan fingerprint density at radius 3 is 2.72 bits per heavy atom. The van der Waals surface area contributed by atoms with Crippen molar-refractivity contribution in [3.63, 3.8) is 0 Å². The first kappa shape index (κ1) is 13.7. The van der Waals surface area contributed by atoms with Crippen LogP contribution in [0.5, 0.6) is 0 Å². The minimum Gasteiger partial charge on any atom is -0.468 e. The van der Waals surface area contributed by atoms with Crippen LogP contribution in [0.2, 0.25) is 0 Å². The molecule has 0 radical (unpaired) electrons. The van der Waals surface area contributed by atoms with Crippen molar-refractivity contribution in [2.75, 3.05) is 12.3 Å². The molecule has 2 rings (SSSR count). The van der Waals surface area contributed by atoms with Crippen LogP contribution in [-0.4, -0.2) is 12.3 Å². The molecule has 0 aliphatic heterocycles. The van der Waals surface area contributed by atoms with Gasteiger partial charge in [0, 0.05) is 21.7 Å². The van der Waals surface area contributed by atoms with Gasteiger partial charge in [0.25, 0.3) is 0 Å². The van der Waals surface area contributed by atoms with Gasteiger partial charge in [-0.15, -0.1) is 11.8 Å². The Hall–Kier alpha value is -0.710. The van der Waals surface area contributed by atoms with E-state index in [9.17, 15) is 0 Å². The van der Waals surface area contributed by atoms with E-state index in [2.05, 4.69) is 52.4 Å². The second kappa shape index (κ2) is 7.02. The van der Waals surface area contributed by atoms with E-state index in [1.807, 2.05) is 23.9 Å². The third-order valence-corrected chi connectivity index (χ3v) is 4.15. The molecule has 0 aliphatic carbocycles. The molecule has 0 saturated carbocycles. The van der Waals surface area contributed by atoms with Crippen molar-refractivity contribution in [1.29, 1.82) is 0 Å². The van der Waals surface area contributed by atoms with Crippen LogP contribution in [0.25, 0.3) is 0 Å². The van der Waals surface area contributed by atoms with Crippen LogP contribution in [0.15, 0.2) is 56.4 Å². The number of hydrogen-bond acceptors (Lipinski definition) is 3. The molecule has 1 heterocycles. The first-order valence-electron chi connectivity index (χ1n) is 5.91. The molecule has 0 bridgehead atoms. The largest absolute Gasteiger partial charge is 0.468 e. The number of furan rings is 1. The van der Waals surface area contributed by atoms with Crippen LogP contribution in [0.4, 0.5) is 0 Å².